The molecule has 1 unspecified atom stereocenters. The Morgan fingerprint density at radius 1 is 1.29 bits per heavy atom. The molecule has 2 amide bonds. The summed E-state index contributed by atoms with van der Waals surface area (Å²) >= 11 is 0. The van der Waals surface area contributed by atoms with Gasteiger partial charge in [0.05, 0.1) is 11.5 Å². The van der Waals surface area contributed by atoms with Crippen LogP contribution < -0.4 is 0 Å². The van der Waals surface area contributed by atoms with Crippen LogP contribution in [0.25, 0.3) is 0 Å². The second-order valence-corrected chi connectivity index (χ2v) is 5.92. The first-order valence-corrected chi connectivity index (χ1v) is 7.31. The van der Waals surface area contributed by atoms with Gasteiger partial charge in [-0.05, 0) is 18.4 Å². The predicted molar refractivity (Wildman–Crippen MR) is 77.3 cm³/mol. The standard InChI is InChI=1S/C16H20N2O3/c1-17-14(12-5-3-2-4-6-12)16(15(17)21)7-9-18(10-8-16)13(20)11-19/h2-6,14,19H,7-11H2,1H3. The van der Waals surface area contributed by atoms with Crippen molar-refractivity contribution in [3.05, 3.63) is 35.9 Å². The maximum Gasteiger partial charge on any atom is 0.248 e. The number of benzene rings is 1. The monoisotopic (exact) mass is 288 g/mol. The number of amides is 2. The highest BCUT2D eigenvalue weighted by molar-refractivity contribution is 5.91. The lowest BCUT2D eigenvalue weighted by Gasteiger charge is -2.57. The van der Waals surface area contributed by atoms with Gasteiger partial charge in [0.25, 0.3) is 0 Å². The normalized spacial score (nSPS) is 24.1. The fraction of sp³-hybridized carbons (Fsp3) is 0.500. The summed E-state index contributed by atoms with van der Waals surface area (Å²) in [6, 6.07) is 10.2. The maximum atomic E-state index is 12.4. The zero-order valence-corrected chi connectivity index (χ0v) is 12.2. The Kier molecular flexibility index (Phi) is 3.45. The van der Waals surface area contributed by atoms with Gasteiger partial charge in [-0.1, -0.05) is 30.3 Å². The largest absolute Gasteiger partial charge is 0.387 e. The first kappa shape index (κ1) is 14.1. The molecule has 5 nitrogen and oxygen atoms in total. The molecule has 0 bridgehead atoms. The van der Waals surface area contributed by atoms with Crippen LogP contribution in [0.4, 0.5) is 0 Å². The van der Waals surface area contributed by atoms with Gasteiger partial charge >= 0.3 is 0 Å². The van der Waals surface area contributed by atoms with E-state index in [9.17, 15) is 9.59 Å². The molecule has 2 aliphatic rings. The number of hydrogen-bond donors (Lipinski definition) is 1. The Labute approximate surface area is 124 Å². The first-order chi connectivity index (χ1) is 10.1. The van der Waals surface area contributed by atoms with E-state index in [2.05, 4.69) is 12.1 Å². The van der Waals surface area contributed by atoms with Gasteiger partial charge in [-0.3, -0.25) is 9.59 Å². The van der Waals surface area contributed by atoms with Gasteiger partial charge in [0.1, 0.15) is 6.61 Å². The molecular weight excluding hydrogens is 268 g/mol. The SMILES string of the molecule is CN1C(=O)C2(CCN(C(=O)CO)CC2)C1c1ccccc1. The highest BCUT2D eigenvalue weighted by Crippen LogP contribution is 2.55. The van der Waals surface area contributed by atoms with Crippen LogP contribution in [0, 0.1) is 5.41 Å². The topological polar surface area (TPSA) is 60.9 Å². The van der Waals surface area contributed by atoms with E-state index in [1.807, 2.05) is 25.2 Å². The quantitative estimate of drug-likeness (QED) is 0.819. The molecule has 21 heavy (non-hydrogen) atoms. The van der Waals surface area contributed by atoms with Crippen LogP contribution in [-0.2, 0) is 9.59 Å². The highest BCUT2D eigenvalue weighted by Gasteiger charge is 2.60. The molecule has 2 heterocycles. The van der Waals surface area contributed by atoms with E-state index in [1.54, 1.807) is 9.80 Å². The molecule has 0 radical (unpaired) electrons. The average molecular weight is 288 g/mol. The Bertz CT molecular complexity index is 550. The molecule has 1 aromatic rings. The van der Waals surface area contributed by atoms with Crippen molar-refractivity contribution in [3.63, 3.8) is 0 Å². The van der Waals surface area contributed by atoms with Crippen LogP contribution >= 0.6 is 0 Å². The van der Waals surface area contributed by atoms with Crippen molar-refractivity contribution in [2.24, 2.45) is 5.41 Å². The third kappa shape index (κ3) is 2.03. The first-order valence-electron chi connectivity index (χ1n) is 7.31. The van der Waals surface area contributed by atoms with Crippen molar-refractivity contribution in [2.45, 2.75) is 18.9 Å². The van der Waals surface area contributed by atoms with E-state index < -0.39 is 6.61 Å². The molecule has 112 valence electrons. The smallest absolute Gasteiger partial charge is 0.248 e. The molecule has 1 N–H and O–H groups in total. The number of nitrogens with zero attached hydrogens (tertiary/aromatic N) is 2. The van der Waals surface area contributed by atoms with E-state index >= 15 is 0 Å². The van der Waals surface area contributed by atoms with Crippen LogP contribution in [-0.4, -0.2) is 53.5 Å². The van der Waals surface area contributed by atoms with Gasteiger partial charge in [0.15, 0.2) is 0 Å². The molecule has 1 spiro atoms. The number of aliphatic hydroxyl groups is 1. The molecule has 1 atom stereocenters. The molecule has 2 fully saturated rings. The fourth-order valence-electron chi connectivity index (χ4n) is 3.81. The van der Waals surface area contributed by atoms with Gasteiger partial charge in [-0.15, -0.1) is 0 Å². The molecule has 5 heteroatoms. The molecule has 2 aliphatic heterocycles. The molecule has 2 saturated heterocycles. The van der Waals surface area contributed by atoms with E-state index in [4.69, 9.17) is 5.11 Å². The minimum Gasteiger partial charge on any atom is -0.387 e. The Balaban J connectivity index is 1.81. The summed E-state index contributed by atoms with van der Waals surface area (Å²) in [5, 5.41) is 8.95. The summed E-state index contributed by atoms with van der Waals surface area (Å²) in [6.45, 7) is 0.633. The van der Waals surface area contributed by atoms with Gasteiger partial charge < -0.3 is 14.9 Å². The van der Waals surface area contributed by atoms with Crippen molar-refractivity contribution in [1.82, 2.24) is 9.80 Å². The highest BCUT2D eigenvalue weighted by atomic mass is 16.3. The number of rotatable bonds is 2. The van der Waals surface area contributed by atoms with Crippen molar-refractivity contribution in [1.29, 1.82) is 0 Å². The number of carbonyl (C=O) groups excluding carboxylic acids is 2. The third-order valence-corrected chi connectivity index (χ3v) is 4.92. The summed E-state index contributed by atoms with van der Waals surface area (Å²) in [6.07, 6.45) is 1.34. The van der Waals surface area contributed by atoms with Crippen LogP contribution in [0.15, 0.2) is 30.3 Å². The molecular formula is C16H20N2O3. The van der Waals surface area contributed by atoms with E-state index in [1.165, 1.54) is 0 Å². The van der Waals surface area contributed by atoms with Crippen LogP contribution in [0.1, 0.15) is 24.4 Å². The van der Waals surface area contributed by atoms with Crippen molar-refractivity contribution >= 4 is 11.8 Å². The second-order valence-electron chi connectivity index (χ2n) is 5.92. The molecule has 0 aliphatic carbocycles. The molecule has 3 rings (SSSR count). The van der Waals surface area contributed by atoms with Crippen molar-refractivity contribution < 1.29 is 14.7 Å². The van der Waals surface area contributed by atoms with Crippen LogP contribution in [0.2, 0.25) is 0 Å². The lowest BCUT2D eigenvalue weighted by molar-refractivity contribution is -0.178. The summed E-state index contributed by atoms with van der Waals surface area (Å²) in [5.74, 6) is -0.0753. The summed E-state index contributed by atoms with van der Waals surface area (Å²) in [5.41, 5.74) is 0.782. The number of β-lactam (4-membered cyclic amide) rings is 1. The van der Waals surface area contributed by atoms with Gasteiger partial charge in [0.2, 0.25) is 11.8 Å². The van der Waals surface area contributed by atoms with E-state index in [-0.39, 0.29) is 23.3 Å². The van der Waals surface area contributed by atoms with Crippen molar-refractivity contribution in [2.75, 3.05) is 26.7 Å². The fourth-order valence-corrected chi connectivity index (χ4v) is 3.81. The number of hydrogen-bond acceptors (Lipinski definition) is 3. The summed E-state index contributed by atoms with van der Waals surface area (Å²) in [7, 11) is 1.84. The minimum absolute atomic E-state index is 0.0950. The summed E-state index contributed by atoms with van der Waals surface area (Å²) < 4.78 is 0. The van der Waals surface area contributed by atoms with Gasteiger partial charge in [-0.2, -0.15) is 0 Å². The average Bonchev–Trinajstić information content (AvgIpc) is 2.55. The van der Waals surface area contributed by atoms with Crippen molar-refractivity contribution in [3.8, 4) is 0 Å². The number of piperidine rings is 1. The van der Waals surface area contributed by atoms with Gasteiger partial charge in [-0.25, -0.2) is 0 Å². The summed E-state index contributed by atoms with van der Waals surface area (Å²) in [4.78, 5) is 27.5. The number of aliphatic hydroxyl groups excluding tert-OH is 1. The second kappa shape index (κ2) is 5.15. The lowest BCUT2D eigenvalue weighted by Crippen LogP contribution is -2.65. The Morgan fingerprint density at radius 2 is 1.90 bits per heavy atom. The minimum atomic E-state index is -0.455. The number of likely N-dealkylation sites (tertiary alicyclic amines) is 2. The van der Waals surface area contributed by atoms with E-state index in [0.717, 1.165) is 5.56 Å². The molecule has 0 saturated carbocycles. The van der Waals surface area contributed by atoms with Crippen LogP contribution in [0.5, 0.6) is 0 Å². The Hall–Kier alpha value is -1.88. The Morgan fingerprint density at radius 3 is 2.48 bits per heavy atom. The predicted octanol–water partition coefficient (Wildman–Crippen LogP) is 0.801. The zero-order chi connectivity index (χ0) is 15.0. The zero-order valence-electron chi connectivity index (χ0n) is 12.2. The maximum absolute atomic E-state index is 12.4. The molecule has 0 aromatic heterocycles. The van der Waals surface area contributed by atoms with E-state index in [0.29, 0.717) is 25.9 Å². The molecule has 1 aromatic carbocycles. The third-order valence-electron chi connectivity index (χ3n) is 4.92. The lowest BCUT2D eigenvalue weighted by atomic mass is 9.62. The van der Waals surface area contributed by atoms with Crippen LogP contribution in [0.3, 0.4) is 0 Å². The number of carbonyl (C=O) groups is 2. The van der Waals surface area contributed by atoms with Gasteiger partial charge in [0, 0.05) is 20.1 Å².